The molecule has 0 saturated carbocycles. The van der Waals surface area contributed by atoms with Gasteiger partial charge in [0, 0.05) is 7.11 Å². The zero-order valence-electron chi connectivity index (χ0n) is 12.4. The molecule has 0 aliphatic carbocycles. The lowest BCUT2D eigenvalue weighted by molar-refractivity contribution is 0.00277. The minimum Gasteiger partial charge on any atom is -0.493 e. The number of fused-ring (bicyclic) bond motifs is 1. The van der Waals surface area contributed by atoms with Gasteiger partial charge in [-0.3, -0.25) is 0 Å². The van der Waals surface area contributed by atoms with Crippen LogP contribution in [0.4, 0.5) is 0 Å². The fourth-order valence-corrected chi connectivity index (χ4v) is 2.10. The highest BCUT2D eigenvalue weighted by Crippen LogP contribution is 2.43. The van der Waals surface area contributed by atoms with E-state index in [1.54, 1.807) is 26.4 Å². The second-order valence-electron chi connectivity index (χ2n) is 5.48. The van der Waals surface area contributed by atoms with Crippen molar-refractivity contribution in [2.75, 3.05) is 21.0 Å². The third-order valence-electron chi connectivity index (χ3n) is 3.64. The van der Waals surface area contributed by atoms with Gasteiger partial charge in [-0.1, -0.05) is 0 Å². The number of hydrogen-bond donors (Lipinski definition) is 1. The predicted molar refractivity (Wildman–Crippen MR) is 74.4 cm³/mol. The highest BCUT2D eigenvalue weighted by atomic mass is 16.7. The van der Waals surface area contributed by atoms with Crippen molar-refractivity contribution < 1.29 is 24.1 Å². The molecule has 1 N–H and O–H groups in total. The molecule has 5 nitrogen and oxygen atoms in total. The largest absolute Gasteiger partial charge is 0.493 e. The summed E-state index contributed by atoms with van der Waals surface area (Å²) < 4.78 is 21.3. The smallest absolute Gasteiger partial charge is 0.231 e. The molecule has 112 valence electrons. The van der Waals surface area contributed by atoms with Crippen LogP contribution in [0.3, 0.4) is 0 Å². The summed E-state index contributed by atoms with van der Waals surface area (Å²) in [6.45, 7) is 4.18. The number of ether oxygens (including phenoxy) is 4. The Bertz CT molecular complexity index is 470. The molecule has 1 aliphatic rings. The van der Waals surface area contributed by atoms with E-state index < -0.39 is 6.10 Å². The van der Waals surface area contributed by atoms with Gasteiger partial charge < -0.3 is 24.1 Å². The summed E-state index contributed by atoms with van der Waals surface area (Å²) >= 11 is 0. The van der Waals surface area contributed by atoms with Crippen molar-refractivity contribution >= 4 is 0 Å². The number of aliphatic hydroxyl groups excluding tert-OH is 1. The Kier molecular flexibility index (Phi) is 4.40. The molecule has 5 heteroatoms. The zero-order chi connectivity index (χ0) is 14.8. The summed E-state index contributed by atoms with van der Waals surface area (Å²) in [5.41, 5.74) is 0.513. The van der Waals surface area contributed by atoms with E-state index in [0.717, 1.165) is 12.0 Å². The SMILES string of the molecule is COc1cc(C(O)CCC(C)(C)OC)cc2c1OCO2. The van der Waals surface area contributed by atoms with E-state index in [2.05, 4.69) is 0 Å². The van der Waals surface area contributed by atoms with E-state index in [9.17, 15) is 5.11 Å². The van der Waals surface area contributed by atoms with Gasteiger partial charge >= 0.3 is 0 Å². The Hall–Kier alpha value is -1.46. The monoisotopic (exact) mass is 282 g/mol. The fraction of sp³-hybridized carbons (Fsp3) is 0.600. The van der Waals surface area contributed by atoms with Gasteiger partial charge in [0.15, 0.2) is 11.5 Å². The number of rotatable bonds is 6. The van der Waals surface area contributed by atoms with Crippen LogP contribution < -0.4 is 14.2 Å². The molecule has 2 rings (SSSR count). The molecule has 0 saturated heterocycles. The van der Waals surface area contributed by atoms with E-state index in [1.165, 1.54) is 0 Å². The van der Waals surface area contributed by atoms with Crippen LogP contribution in [0.5, 0.6) is 17.2 Å². The maximum atomic E-state index is 10.3. The maximum Gasteiger partial charge on any atom is 0.231 e. The van der Waals surface area contributed by atoms with Crippen molar-refractivity contribution in [1.29, 1.82) is 0 Å². The average Bonchev–Trinajstić information content (AvgIpc) is 2.92. The summed E-state index contributed by atoms with van der Waals surface area (Å²) in [7, 11) is 3.25. The molecular formula is C15H22O5. The van der Waals surface area contributed by atoms with Gasteiger partial charge in [0.05, 0.1) is 18.8 Å². The van der Waals surface area contributed by atoms with Crippen molar-refractivity contribution in [2.24, 2.45) is 0 Å². The minimum atomic E-state index is -0.590. The first kappa shape index (κ1) is 14.9. The molecule has 0 spiro atoms. The van der Waals surface area contributed by atoms with Crippen LogP contribution in [0.15, 0.2) is 12.1 Å². The van der Waals surface area contributed by atoms with Crippen LogP contribution in [-0.2, 0) is 4.74 Å². The normalized spacial score (nSPS) is 15.2. The summed E-state index contributed by atoms with van der Waals surface area (Å²) in [5, 5.41) is 10.3. The van der Waals surface area contributed by atoms with Gasteiger partial charge in [-0.2, -0.15) is 0 Å². The highest BCUT2D eigenvalue weighted by Gasteiger charge is 2.24. The predicted octanol–water partition coefficient (Wildman–Crippen LogP) is 2.66. The molecule has 1 aromatic carbocycles. The fourth-order valence-electron chi connectivity index (χ4n) is 2.10. The second kappa shape index (κ2) is 5.89. The lowest BCUT2D eigenvalue weighted by atomic mass is 9.96. The van der Waals surface area contributed by atoms with E-state index >= 15 is 0 Å². The maximum absolute atomic E-state index is 10.3. The Balaban J connectivity index is 2.12. The Labute approximate surface area is 119 Å². The molecule has 0 amide bonds. The van der Waals surface area contributed by atoms with Crippen LogP contribution in [0.2, 0.25) is 0 Å². The van der Waals surface area contributed by atoms with Crippen molar-refractivity contribution in [3.05, 3.63) is 17.7 Å². The standard InChI is InChI=1S/C15H22O5/c1-15(2,18-4)6-5-11(16)10-7-12(17-3)14-13(8-10)19-9-20-14/h7-8,11,16H,5-6,9H2,1-4H3. The van der Waals surface area contributed by atoms with Crippen LogP contribution in [0, 0.1) is 0 Å². The Morgan fingerprint density at radius 3 is 2.70 bits per heavy atom. The summed E-state index contributed by atoms with van der Waals surface area (Å²) in [4.78, 5) is 0. The lowest BCUT2D eigenvalue weighted by Crippen LogP contribution is -2.23. The van der Waals surface area contributed by atoms with Gasteiger partial charge in [-0.15, -0.1) is 0 Å². The van der Waals surface area contributed by atoms with Crippen LogP contribution >= 0.6 is 0 Å². The molecule has 20 heavy (non-hydrogen) atoms. The number of aliphatic hydroxyl groups is 1. The molecule has 1 aliphatic heterocycles. The first-order valence-electron chi connectivity index (χ1n) is 6.67. The average molecular weight is 282 g/mol. The third-order valence-corrected chi connectivity index (χ3v) is 3.64. The summed E-state index contributed by atoms with van der Waals surface area (Å²) in [6.07, 6.45) is 0.762. The third kappa shape index (κ3) is 3.16. The quantitative estimate of drug-likeness (QED) is 0.869. The van der Waals surface area contributed by atoms with Crippen molar-refractivity contribution in [2.45, 2.75) is 38.4 Å². The Morgan fingerprint density at radius 1 is 1.30 bits per heavy atom. The van der Waals surface area contributed by atoms with Gasteiger partial charge in [-0.25, -0.2) is 0 Å². The minimum absolute atomic E-state index is 0.182. The molecule has 0 bridgehead atoms. The molecule has 1 aromatic rings. The topological polar surface area (TPSA) is 57.2 Å². The molecule has 0 aromatic heterocycles. The first-order chi connectivity index (χ1) is 9.46. The summed E-state index contributed by atoms with van der Waals surface area (Å²) in [5.74, 6) is 1.80. The van der Waals surface area contributed by atoms with Crippen molar-refractivity contribution in [3.63, 3.8) is 0 Å². The van der Waals surface area contributed by atoms with E-state index in [1.807, 2.05) is 13.8 Å². The zero-order valence-corrected chi connectivity index (χ0v) is 12.4. The van der Waals surface area contributed by atoms with Crippen LogP contribution in [0.1, 0.15) is 38.4 Å². The van der Waals surface area contributed by atoms with E-state index in [0.29, 0.717) is 23.7 Å². The molecule has 1 atom stereocenters. The van der Waals surface area contributed by atoms with Gasteiger partial charge in [0.1, 0.15) is 0 Å². The molecule has 0 fully saturated rings. The number of benzene rings is 1. The van der Waals surface area contributed by atoms with E-state index in [-0.39, 0.29) is 12.4 Å². The second-order valence-corrected chi connectivity index (χ2v) is 5.48. The molecule has 1 heterocycles. The highest BCUT2D eigenvalue weighted by molar-refractivity contribution is 5.55. The van der Waals surface area contributed by atoms with Gasteiger partial charge in [-0.05, 0) is 44.4 Å². The number of hydrogen-bond acceptors (Lipinski definition) is 5. The van der Waals surface area contributed by atoms with Crippen molar-refractivity contribution in [1.82, 2.24) is 0 Å². The molecule has 1 unspecified atom stereocenters. The van der Waals surface area contributed by atoms with Crippen molar-refractivity contribution in [3.8, 4) is 17.2 Å². The van der Waals surface area contributed by atoms with E-state index in [4.69, 9.17) is 18.9 Å². The van der Waals surface area contributed by atoms with Crippen LogP contribution in [-0.4, -0.2) is 31.7 Å². The Morgan fingerprint density at radius 2 is 2.05 bits per heavy atom. The first-order valence-corrected chi connectivity index (χ1v) is 6.67. The summed E-state index contributed by atoms with van der Waals surface area (Å²) in [6, 6.07) is 3.59. The van der Waals surface area contributed by atoms with Gasteiger partial charge in [0.25, 0.3) is 0 Å². The van der Waals surface area contributed by atoms with Gasteiger partial charge in [0.2, 0.25) is 12.5 Å². The van der Waals surface area contributed by atoms with Crippen LogP contribution in [0.25, 0.3) is 0 Å². The lowest BCUT2D eigenvalue weighted by Gasteiger charge is -2.24. The molecular weight excluding hydrogens is 260 g/mol. The number of methoxy groups -OCH3 is 2. The molecule has 0 radical (unpaired) electrons.